The molecule has 0 aromatic carbocycles. The van der Waals surface area contributed by atoms with E-state index < -0.39 is 123 Å². The van der Waals surface area contributed by atoms with Gasteiger partial charge in [-0.2, -0.15) is 0 Å². The highest BCUT2D eigenvalue weighted by molar-refractivity contribution is 8.76. The Balaban J connectivity index is 1.23. The van der Waals surface area contributed by atoms with Crippen LogP contribution in [0.15, 0.2) is 0 Å². The predicted octanol–water partition coefficient (Wildman–Crippen LogP) is 8.28. The second kappa shape index (κ2) is 72.9. The second-order valence-electron chi connectivity index (χ2n) is 35.4. The zero-order valence-corrected chi connectivity index (χ0v) is 80.4. The highest BCUT2D eigenvalue weighted by Crippen LogP contribution is 2.41. The van der Waals surface area contributed by atoms with E-state index in [0.717, 1.165) is 108 Å². The van der Waals surface area contributed by atoms with Crippen LogP contribution in [0.3, 0.4) is 0 Å². The van der Waals surface area contributed by atoms with Crippen LogP contribution in [-0.4, -0.2) is 334 Å². The van der Waals surface area contributed by atoms with Crippen LogP contribution in [0.2, 0.25) is 0 Å². The van der Waals surface area contributed by atoms with Crippen molar-refractivity contribution in [2.45, 2.75) is 370 Å². The normalized spacial score (nSPS) is 24.4. The quantitative estimate of drug-likeness (QED) is 0.0118. The Morgan fingerprint density at radius 1 is 0.385 bits per heavy atom. The lowest BCUT2D eigenvalue weighted by Crippen LogP contribution is -2.55. The van der Waals surface area contributed by atoms with Crippen molar-refractivity contribution in [3.05, 3.63) is 0 Å². The number of ether oxygens (including phenoxy) is 13. The Labute approximate surface area is 779 Å². The lowest BCUT2D eigenvalue weighted by Gasteiger charge is -2.40. The molecule has 4 rings (SSSR count). The monoisotopic (exact) mass is 1900 g/mol. The minimum Gasteiger partial charge on any atom is -0.466 e. The average Bonchev–Trinajstić information content (AvgIpc) is 1.10. The number of carbonyl (C=O) groups excluding carboxylic acids is 9. The third-order valence-corrected chi connectivity index (χ3v) is 27.1. The van der Waals surface area contributed by atoms with Gasteiger partial charge in [-0.15, -0.1) is 0 Å². The van der Waals surface area contributed by atoms with E-state index in [1.807, 2.05) is 4.90 Å². The van der Waals surface area contributed by atoms with E-state index >= 15 is 0 Å². The number of esters is 2. The maximum Gasteiger partial charge on any atom is 0.407 e. The molecule has 4 heterocycles. The molecule has 0 spiro atoms. The number of hydrogen-bond acceptors (Lipinski definition) is 33. The van der Waals surface area contributed by atoms with Crippen molar-refractivity contribution in [3.63, 3.8) is 0 Å². The minimum atomic E-state index is -1.22. The number of hydrogen-bond donors (Lipinski definition) is 12. The van der Waals surface area contributed by atoms with Gasteiger partial charge in [0.25, 0.3) is 0 Å². The van der Waals surface area contributed by atoms with Crippen LogP contribution in [0.4, 0.5) is 4.79 Å². The van der Waals surface area contributed by atoms with Crippen molar-refractivity contribution in [2.24, 2.45) is 23.2 Å². The van der Waals surface area contributed by atoms with Crippen LogP contribution in [0.25, 0.3) is 0 Å². The molecule has 0 aliphatic carbocycles. The summed E-state index contributed by atoms with van der Waals surface area (Å²) < 4.78 is 73.7. The number of aliphatic hydroxyl groups excluding tert-OH is 9. The summed E-state index contributed by atoms with van der Waals surface area (Å²) >= 11 is 0. The number of alkyl carbamates (subject to hydrolysis) is 1. The molecule has 130 heavy (non-hydrogen) atoms. The highest BCUT2D eigenvalue weighted by Gasteiger charge is 2.45. The fraction of sp³-hybridized carbons (Fsp3) is 0.903. The van der Waals surface area contributed by atoms with Crippen LogP contribution < -0.4 is 16.0 Å². The number of rotatable bonds is 80. The molecule has 15 unspecified atom stereocenters. The first kappa shape index (κ1) is 118. The van der Waals surface area contributed by atoms with E-state index in [1.165, 1.54) is 0 Å². The largest absolute Gasteiger partial charge is 0.466 e. The standard InChI is InChI=1S/C93H166N4O31S2/c1-67-83(109)86(112)75(63-98)126-89(67)122-49-26-34-71(101)32-16-9-6-14-24-47-96-92(115)125-48-25-15-21-42-93(43-30-52-120-81(107)39-17-10-7-12-22-45-94-78(104)36-27-50-123-90-68(2)84(110)87(113)76(64-99)127-90,44-31-53-121-82(108)40-18-11-8-13-23-46-95-79(105)37-28-51-124-91-69(3)85(111)88(114)77(65-100)128-91)61-73(103)41-54-118-55-56-119-57-59-130-129-58-29-35-72(102)33-19-20-38-80(106)97-62-74(117-5)60-70(97)66-116-4/h67-70,74-77,83-91,98-100,109-114H,6-66H2,1-5H3,(H,94,104)(H,95,105)(H,96,115)/t67?,68?,69?,70-,74+,75?,76?,77?,83?,84?,85?,86?,87?,88?,89?,90?,91?,93?/m1/s1. The number of Topliss-reactive ketones (excluding diaryl/α,β-unsaturated/α-hetero) is 3. The first-order chi connectivity index (χ1) is 62.8. The summed E-state index contributed by atoms with van der Waals surface area (Å²) in [6, 6.07) is 0.0128. The van der Waals surface area contributed by atoms with Crippen molar-refractivity contribution in [1.82, 2.24) is 20.9 Å². The number of carbonyl (C=O) groups is 9. The third-order valence-electron chi connectivity index (χ3n) is 24.6. The van der Waals surface area contributed by atoms with E-state index in [4.69, 9.17) is 61.6 Å². The molecule has 4 aliphatic heterocycles. The molecule has 0 radical (unpaired) electrons. The number of likely N-dealkylation sites (tertiary alicyclic amines) is 1. The van der Waals surface area contributed by atoms with Gasteiger partial charge in [-0.05, 0) is 127 Å². The average molecular weight is 1900 g/mol. The van der Waals surface area contributed by atoms with E-state index in [0.29, 0.717) is 181 Å². The fourth-order valence-electron chi connectivity index (χ4n) is 16.5. The molecular formula is C93H166N4O31S2. The molecule has 4 amide bonds. The lowest BCUT2D eigenvalue weighted by atomic mass is 9.71. The van der Waals surface area contributed by atoms with Gasteiger partial charge in [-0.1, -0.05) is 113 Å². The van der Waals surface area contributed by atoms with E-state index in [-0.39, 0.29) is 144 Å². The van der Waals surface area contributed by atoms with Crippen LogP contribution in [0.1, 0.15) is 284 Å². The summed E-state index contributed by atoms with van der Waals surface area (Å²) in [6.45, 7) is 8.57. The van der Waals surface area contributed by atoms with Gasteiger partial charge >= 0.3 is 18.0 Å². The molecule has 12 N–H and O–H groups in total. The Morgan fingerprint density at radius 2 is 0.785 bits per heavy atom. The van der Waals surface area contributed by atoms with Crippen molar-refractivity contribution in [1.29, 1.82) is 0 Å². The minimum absolute atomic E-state index is 0.00365. The van der Waals surface area contributed by atoms with E-state index in [9.17, 15) is 89.1 Å². The molecule has 756 valence electrons. The van der Waals surface area contributed by atoms with Crippen LogP contribution >= 0.6 is 21.6 Å². The topological polar surface area (TPSA) is 495 Å². The van der Waals surface area contributed by atoms with E-state index in [2.05, 4.69) is 16.0 Å². The molecule has 4 saturated heterocycles. The second-order valence-corrected chi connectivity index (χ2v) is 38.1. The SMILES string of the molecule is COC[C@H]1C[C@H](OC)CN1C(=O)CCCCC(=O)CCCSSCCOCCOCCC(=O)CC(CCCCCOC(=O)NCCCCCCCC(=O)CCCOC1OC(CO)C(O)C(O)C1C)(CCCOC(=O)CCCCCCCNC(=O)CCCOC1OC(CO)C(O)C(O)C1C)CCCOC(=O)CCCCCCCNC(=O)CCCOC1OC(CO)C(O)C(O)C1C. The van der Waals surface area contributed by atoms with Crippen molar-refractivity contribution in [2.75, 3.05) is 144 Å². The molecule has 35 nitrogen and oxygen atoms in total. The maximum absolute atomic E-state index is 14.2. The summed E-state index contributed by atoms with van der Waals surface area (Å²) in [5.74, 6) is -0.450. The van der Waals surface area contributed by atoms with Gasteiger partial charge in [0.1, 0.15) is 54.0 Å². The van der Waals surface area contributed by atoms with Crippen LogP contribution in [0.5, 0.6) is 0 Å². The van der Waals surface area contributed by atoms with Crippen molar-refractivity contribution < 1.29 is 151 Å². The third kappa shape index (κ3) is 51.1. The lowest BCUT2D eigenvalue weighted by molar-refractivity contribution is -0.282. The number of amides is 4. The first-order valence-electron chi connectivity index (χ1n) is 48.5. The van der Waals surface area contributed by atoms with Crippen molar-refractivity contribution >= 4 is 74.7 Å². The van der Waals surface area contributed by atoms with Crippen LogP contribution in [-0.2, 0) is 99.9 Å². The van der Waals surface area contributed by atoms with Crippen molar-refractivity contribution in [3.8, 4) is 0 Å². The van der Waals surface area contributed by atoms with Gasteiger partial charge in [0, 0.05) is 140 Å². The molecule has 0 aromatic rings. The molecule has 0 saturated carbocycles. The number of aliphatic hydroxyl groups is 9. The molecule has 0 aromatic heterocycles. The van der Waals surface area contributed by atoms with Crippen LogP contribution in [0, 0.1) is 23.2 Å². The summed E-state index contributed by atoms with van der Waals surface area (Å²) in [5, 5.41) is 98.4. The van der Waals surface area contributed by atoms with Gasteiger partial charge < -0.3 is 128 Å². The van der Waals surface area contributed by atoms with Gasteiger partial charge in [-0.3, -0.25) is 38.4 Å². The zero-order chi connectivity index (χ0) is 94.9. The number of unbranched alkanes of at least 4 members (excludes halogenated alkanes) is 15. The first-order valence-corrected chi connectivity index (χ1v) is 51.0. The number of methoxy groups -OCH3 is 2. The molecule has 4 aliphatic rings. The van der Waals surface area contributed by atoms with Gasteiger partial charge in [0.2, 0.25) is 17.7 Å². The smallest absolute Gasteiger partial charge is 0.407 e. The summed E-state index contributed by atoms with van der Waals surface area (Å²) in [5.41, 5.74) is -0.567. The Hall–Kier alpha value is -4.43. The molecule has 0 bridgehead atoms. The molecule has 4 fully saturated rings. The molecule has 17 atom stereocenters. The summed E-state index contributed by atoms with van der Waals surface area (Å²) in [6.07, 6.45) is 11.3. The van der Waals surface area contributed by atoms with E-state index in [1.54, 1.807) is 56.6 Å². The fourth-order valence-corrected chi connectivity index (χ4v) is 18.5. The molecule has 37 heteroatoms. The number of nitrogens with one attached hydrogen (secondary N) is 3. The Morgan fingerprint density at radius 3 is 1.27 bits per heavy atom. The highest BCUT2D eigenvalue weighted by atomic mass is 33.1. The maximum atomic E-state index is 14.2. The Bertz CT molecular complexity index is 2940. The molecular weight excluding hydrogens is 1730 g/mol. The van der Waals surface area contributed by atoms with Gasteiger partial charge in [0.05, 0.1) is 123 Å². The number of nitrogens with zero attached hydrogens (tertiary/aromatic N) is 1. The predicted molar refractivity (Wildman–Crippen MR) is 487 cm³/mol. The zero-order valence-electron chi connectivity index (χ0n) is 78.7. The Kier molecular flexibility index (Phi) is 66.1. The number of ketones is 3. The van der Waals surface area contributed by atoms with Gasteiger partial charge in [-0.25, -0.2) is 4.79 Å². The summed E-state index contributed by atoms with van der Waals surface area (Å²) in [7, 11) is 6.67. The van der Waals surface area contributed by atoms with Gasteiger partial charge in [0.15, 0.2) is 18.9 Å². The summed E-state index contributed by atoms with van der Waals surface area (Å²) in [4.78, 5) is 118.